The van der Waals surface area contributed by atoms with Gasteiger partial charge in [-0.1, -0.05) is 0 Å². The highest BCUT2D eigenvalue weighted by Gasteiger charge is 2.23. The zero-order chi connectivity index (χ0) is 15.1. The molecule has 1 aliphatic heterocycles. The summed E-state index contributed by atoms with van der Waals surface area (Å²) in [6, 6.07) is 3.78. The number of carbonyl (C=O) groups is 1. The van der Waals surface area contributed by atoms with E-state index in [0.29, 0.717) is 18.6 Å². The Balaban J connectivity index is 2.30. The maximum Gasteiger partial charge on any atom is 0.341 e. The van der Waals surface area contributed by atoms with Crippen molar-refractivity contribution in [2.24, 2.45) is 5.73 Å². The Morgan fingerprint density at radius 1 is 1.43 bits per heavy atom. The fourth-order valence-corrected chi connectivity index (χ4v) is 2.64. The van der Waals surface area contributed by atoms with Gasteiger partial charge in [-0.3, -0.25) is 9.47 Å². The number of aromatic carboxylic acids is 1. The molecule has 2 aromatic rings. The van der Waals surface area contributed by atoms with E-state index in [1.54, 1.807) is 4.68 Å². The number of pyridine rings is 1. The van der Waals surface area contributed by atoms with E-state index in [2.05, 4.69) is 0 Å². The Morgan fingerprint density at radius 2 is 2.19 bits per heavy atom. The fraction of sp³-hybridized carbons (Fsp3) is 0.286. The van der Waals surface area contributed by atoms with E-state index in [0.717, 1.165) is 12.5 Å². The third-order valence-electron chi connectivity index (χ3n) is 3.68. The summed E-state index contributed by atoms with van der Waals surface area (Å²) in [4.78, 5) is 23.4. The lowest BCUT2D eigenvalue weighted by atomic mass is 10.1. The first kappa shape index (κ1) is 13.6. The van der Waals surface area contributed by atoms with Crippen LogP contribution in [0.3, 0.4) is 0 Å². The van der Waals surface area contributed by atoms with Gasteiger partial charge in [0.2, 0.25) is 5.43 Å². The third kappa shape index (κ3) is 2.25. The van der Waals surface area contributed by atoms with Gasteiger partial charge in [0.05, 0.1) is 10.9 Å². The molecule has 1 aromatic heterocycles. The van der Waals surface area contributed by atoms with Gasteiger partial charge < -0.3 is 15.8 Å². The van der Waals surface area contributed by atoms with Gasteiger partial charge in [0.25, 0.3) is 0 Å². The molecule has 1 saturated heterocycles. The summed E-state index contributed by atoms with van der Waals surface area (Å²) in [6.07, 6.45) is 2.06. The summed E-state index contributed by atoms with van der Waals surface area (Å²) in [5, 5.41) is 11.1. The topological polar surface area (TPSA) is 88.6 Å². The molecule has 6 nitrogen and oxygen atoms in total. The standard InChI is InChI=1S/C14H14FN3O3/c15-8-1-2-12-10(5-8)13(19)11(14(20)21)7-18(12)17-4-3-9(16)6-17/h1-2,5,7,9H,3-4,6,16H2,(H,20,21). The van der Waals surface area contributed by atoms with Crippen LogP contribution in [0.15, 0.2) is 29.2 Å². The first-order valence-corrected chi connectivity index (χ1v) is 6.56. The van der Waals surface area contributed by atoms with Gasteiger partial charge in [-0.05, 0) is 24.6 Å². The molecule has 1 atom stereocenters. The second-order valence-corrected chi connectivity index (χ2v) is 5.14. The maximum atomic E-state index is 13.4. The largest absolute Gasteiger partial charge is 0.477 e. The molecule has 1 fully saturated rings. The van der Waals surface area contributed by atoms with Gasteiger partial charge in [0.1, 0.15) is 11.4 Å². The molecule has 2 heterocycles. The van der Waals surface area contributed by atoms with Crippen LogP contribution in [0.5, 0.6) is 0 Å². The van der Waals surface area contributed by atoms with Gasteiger partial charge in [0.15, 0.2) is 0 Å². The molecule has 0 bridgehead atoms. The summed E-state index contributed by atoms with van der Waals surface area (Å²) < 4.78 is 15.0. The first-order valence-electron chi connectivity index (χ1n) is 6.56. The maximum absolute atomic E-state index is 13.4. The van der Waals surface area contributed by atoms with Gasteiger partial charge in [-0.2, -0.15) is 0 Å². The van der Waals surface area contributed by atoms with Crippen LogP contribution in [0.25, 0.3) is 10.9 Å². The van der Waals surface area contributed by atoms with E-state index in [9.17, 15) is 14.0 Å². The molecule has 1 aromatic carbocycles. The summed E-state index contributed by atoms with van der Waals surface area (Å²) in [5.41, 5.74) is 5.27. The van der Waals surface area contributed by atoms with Crippen molar-refractivity contribution in [1.29, 1.82) is 0 Å². The van der Waals surface area contributed by atoms with Crippen molar-refractivity contribution in [3.8, 4) is 0 Å². The van der Waals surface area contributed by atoms with Crippen molar-refractivity contribution in [3.63, 3.8) is 0 Å². The Bertz CT molecular complexity index is 787. The van der Waals surface area contributed by atoms with E-state index in [-0.39, 0.29) is 17.0 Å². The minimum Gasteiger partial charge on any atom is -0.477 e. The molecule has 7 heteroatoms. The number of benzene rings is 1. The molecule has 3 rings (SSSR count). The number of nitrogens with zero attached hydrogens (tertiary/aromatic N) is 2. The van der Waals surface area contributed by atoms with Gasteiger partial charge in [-0.25, -0.2) is 9.18 Å². The average Bonchev–Trinajstić information content (AvgIpc) is 2.86. The van der Waals surface area contributed by atoms with Crippen LogP contribution >= 0.6 is 0 Å². The zero-order valence-corrected chi connectivity index (χ0v) is 11.1. The lowest BCUT2D eigenvalue weighted by Gasteiger charge is -2.24. The van der Waals surface area contributed by atoms with Crippen molar-refractivity contribution in [1.82, 2.24) is 4.68 Å². The number of aromatic nitrogens is 1. The van der Waals surface area contributed by atoms with Crippen LogP contribution in [0, 0.1) is 5.82 Å². The zero-order valence-electron chi connectivity index (χ0n) is 11.1. The number of hydrogen-bond acceptors (Lipinski definition) is 4. The lowest BCUT2D eigenvalue weighted by molar-refractivity contribution is 0.0695. The Morgan fingerprint density at radius 3 is 2.81 bits per heavy atom. The summed E-state index contributed by atoms with van der Waals surface area (Å²) in [5.74, 6) is -1.91. The highest BCUT2D eigenvalue weighted by atomic mass is 19.1. The Labute approximate surface area is 119 Å². The molecule has 0 amide bonds. The molecule has 0 saturated carbocycles. The number of fused-ring (bicyclic) bond motifs is 1. The molecule has 3 N–H and O–H groups in total. The van der Waals surface area contributed by atoms with Crippen molar-refractivity contribution in [2.45, 2.75) is 12.5 Å². The Kier molecular flexibility index (Phi) is 3.13. The first-order chi connectivity index (χ1) is 9.97. The van der Waals surface area contributed by atoms with E-state index in [1.165, 1.54) is 18.3 Å². The second kappa shape index (κ2) is 4.85. The second-order valence-electron chi connectivity index (χ2n) is 5.14. The molecule has 1 aliphatic rings. The molecule has 1 unspecified atom stereocenters. The quantitative estimate of drug-likeness (QED) is 0.841. The van der Waals surface area contributed by atoms with Gasteiger partial charge in [0, 0.05) is 25.3 Å². The highest BCUT2D eigenvalue weighted by Crippen LogP contribution is 2.17. The minimum atomic E-state index is -1.33. The Hall–Kier alpha value is -2.41. The number of rotatable bonds is 2. The van der Waals surface area contributed by atoms with E-state index in [1.807, 2.05) is 5.01 Å². The molecular formula is C14H14FN3O3. The molecule has 0 spiro atoms. The van der Waals surface area contributed by atoms with Crippen LogP contribution in [0.1, 0.15) is 16.8 Å². The van der Waals surface area contributed by atoms with E-state index >= 15 is 0 Å². The van der Waals surface area contributed by atoms with Crippen molar-refractivity contribution >= 4 is 16.9 Å². The number of nitrogens with two attached hydrogens (primary N) is 1. The third-order valence-corrected chi connectivity index (χ3v) is 3.68. The molecule has 110 valence electrons. The minimum absolute atomic E-state index is 0.00629. The molecule has 21 heavy (non-hydrogen) atoms. The van der Waals surface area contributed by atoms with E-state index < -0.39 is 17.2 Å². The molecule has 0 aliphatic carbocycles. The smallest absolute Gasteiger partial charge is 0.341 e. The molecule has 0 radical (unpaired) electrons. The predicted molar refractivity (Wildman–Crippen MR) is 75.7 cm³/mol. The van der Waals surface area contributed by atoms with Crippen LogP contribution in [-0.4, -0.2) is 34.9 Å². The van der Waals surface area contributed by atoms with Crippen LogP contribution in [-0.2, 0) is 0 Å². The number of carboxylic acid groups (broad SMARTS) is 1. The normalized spacial score (nSPS) is 18.4. The van der Waals surface area contributed by atoms with Crippen molar-refractivity contribution < 1.29 is 14.3 Å². The monoisotopic (exact) mass is 291 g/mol. The molecular weight excluding hydrogens is 277 g/mol. The summed E-state index contributed by atoms with van der Waals surface area (Å²) in [7, 11) is 0. The number of halogens is 1. The van der Waals surface area contributed by atoms with Gasteiger partial charge in [-0.15, -0.1) is 0 Å². The summed E-state index contributed by atoms with van der Waals surface area (Å²) >= 11 is 0. The fourth-order valence-electron chi connectivity index (χ4n) is 2.64. The van der Waals surface area contributed by atoms with E-state index in [4.69, 9.17) is 10.8 Å². The highest BCUT2D eigenvalue weighted by molar-refractivity contribution is 5.92. The lowest BCUT2D eigenvalue weighted by Crippen LogP contribution is -2.36. The van der Waals surface area contributed by atoms with Crippen LogP contribution in [0.4, 0.5) is 4.39 Å². The average molecular weight is 291 g/mol. The number of carboxylic acids is 1. The predicted octanol–water partition coefficient (Wildman–Crippen LogP) is 0.508. The van der Waals surface area contributed by atoms with Crippen molar-refractivity contribution in [3.05, 3.63) is 46.0 Å². The van der Waals surface area contributed by atoms with Crippen LogP contribution < -0.4 is 16.2 Å². The summed E-state index contributed by atoms with van der Waals surface area (Å²) in [6.45, 7) is 1.20. The van der Waals surface area contributed by atoms with Gasteiger partial charge >= 0.3 is 5.97 Å². The number of hydrogen-bond donors (Lipinski definition) is 2. The van der Waals surface area contributed by atoms with Crippen molar-refractivity contribution in [2.75, 3.05) is 18.1 Å². The SMILES string of the molecule is NC1CCN(n2cc(C(=O)O)c(=O)c3cc(F)ccc32)C1. The van der Waals surface area contributed by atoms with Crippen LogP contribution in [0.2, 0.25) is 0 Å².